The van der Waals surface area contributed by atoms with Crippen molar-refractivity contribution in [1.82, 2.24) is 10.3 Å². The number of anilines is 1. The van der Waals surface area contributed by atoms with Gasteiger partial charge in [-0.25, -0.2) is 4.79 Å². The van der Waals surface area contributed by atoms with E-state index in [1.54, 1.807) is 42.4 Å². The van der Waals surface area contributed by atoms with Gasteiger partial charge in [-0.3, -0.25) is 9.78 Å². The predicted molar refractivity (Wildman–Crippen MR) is 116 cm³/mol. The smallest absolute Gasteiger partial charge is 0.407 e. The average Bonchev–Trinajstić information content (AvgIpc) is 2.79. The number of benzene rings is 2. The highest BCUT2D eigenvalue weighted by atomic mass is 32.2. The van der Waals surface area contributed by atoms with Gasteiger partial charge in [-0.1, -0.05) is 36.4 Å². The molecule has 3 aromatic rings. The minimum atomic E-state index is -0.443. The largest absolute Gasteiger partial charge is 0.445 e. The second-order valence-corrected chi connectivity index (χ2v) is 7.98. The quantitative estimate of drug-likeness (QED) is 0.621. The number of aromatic nitrogens is 1. The first-order valence-electron chi connectivity index (χ1n) is 9.64. The zero-order valence-corrected chi connectivity index (χ0v) is 17.0. The summed E-state index contributed by atoms with van der Waals surface area (Å²) in [4.78, 5) is 29.8. The number of alkyl carbamates (subject to hydrolysis) is 1. The molecule has 0 radical (unpaired) electrons. The summed E-state index contributed by atoms with van der Waals surface area (Å²) in [5.74, 6) is 0.674. The highest BCUT2D eigenvalue weighted by Crippen LogP contribution is 2.37. The zero-order valence-electron chi connectivity index (χ0n) is 16.2. The Morgan fingerprint density at radius 3 is 2.67 bits per heavy atom. The lowest BCUT2D eigenvalue weighted by Gasteiger charge is -2.26. The molecule has 1 unspecified atom stereocenters. The molecule has 2 aromatic carbocycles. The monoisotopic (exact) mass is 419 g/mol. The van der Waals surface area contributed by atoms with Crippen LogP contribution in [-0.2, 0) is 11.3 Å². The maximum atomic E-state index is 12.5. The van der Waals surface area contributed by atoms with Gasteiger partial charge in [0.2, 0.25) is 0 Å². The SMILES string of the molecule is O=C(NC1CCSc2cc(C(=O)Nc3ccncc3)ccc21)OCc1ccccc1. The minimum absolute atomic E-state index is 0.137. The van der Waals surface area contributed by atoms with Gasteiger partial charge < -0.3 is 15.4 Å². The van der Waals surface area contributed by atoms with E-state index in [-0.39, 0.29) is 18.6 Å². The van der Waals surface area contributed by atoms with Crippen LogP contribution in [0, 0.1) is 0 Å². The van der Waals surface area contributed by atoms with Crippen molar-refractivity contribution in [3.8, 4) is 0 Å². The molecule has 0 fully saturated rings. The van der Waals surface area contributed by atoms with Crippen LogP contribution in [-0.4, -0.2) is 22.7 Å². The highest BCUT2D eigenvalue weighted by molar-refractivity contribution is 7.99. The normalized spacial score (nSPS) is 15.0. The van der Waals surface area contributed by atoms with E-state index in [9.17, 15) is 9.59 Å². The summed E-state index contributed by atoms with van der Waals surface area (Å²) in [6.07, 6.45) is 3.62. The van der Waals surface area contributed by atoms with E-state index in [0.717, 1.165) is 28.2 Å². The first-order chi connectivity index (χ1) is 14.7. The van der Waals surface area contributed by atoms with Crippen LogP contribution in [0.4, 0.5) is 10.5 Å². The minimum Gasteiger partial charge on any atom is -0.445 e. The molecule has 152 valence electrons. The number of carbonyl (C=O) groups is 2. The van der Waals surface area contributed by atoms with Gasteiger partial charge in [-0.05, 0) is 41.8 Å². The molecular weight excluding hydrogens is 398 g/mol. The number of amides is 2. The standard InChI is InChI=1S/C23H21N3O3S/c27-22(25-18-8-11-24-12-9-18)17-6-7-19-20(10-13-30-21(19)14-17)26-23(28)29-15-16-4-2-1-3-5-16/h1-9,11-12,14,20H,10,13,15H2,(H,26,28)(H,24,25,27). The zero-order chi connectivity index (χ0) is 20.8. The average molecular weight is 420 g/mol. The van der Waals surface area contributed by atoms with Crippen LogP contribution >= 0.6 is 11.8 Å². The number of ether oxygens (including phenoxy) is 1. The van der Waals surface area contributed by atoms with Crippen molar-refractivity contribution in [3.63, 3.8) is 0 Å². The van der Waals surface area contributed by atoms with Crippen molar-refractivity contribution >= 4 is 29.4 Å². The van der Waals surface area contributed by atoms with Crippen molar-refractivity contribution in [2.45, 2.75) is 24.0 Å². The molecule has 1 aromatic heterocycles. The van der Waals surface area contributed by atoms with Gasteiger partial charge in [0.1, 0.15) is 6.61 Å². The van der Waals surface area contributed by atoms with Crippen molar-refractivity contribution in [1.29, 1.82) is 0 Å². The van der Waals surface area contributed by atoms with Gasteiger partial charge >= 0.3 is 6.09 Å². The molecule has 1 aliphatic rings. The van der Waals surface area contributed by atoms with Crippen LogP contribution in [0.2, 0.25) is 0 Å². The molecule has 1 aliphatic heterocycles. The molecule has 2 heterocycles. The van der Waals surface area contributed by atoms with Crippen molar-refractivity contribution in [3.05, 3.63) is 89.7 Å². The Balaban J connectivity index is 1.40. The molecule has 0 bridgehead atoms. The molecule has 1 atom stereocenters. The molecule has 7 heteroatoms. The Morgan fingerprint density at radius 2 is 1.87 bits per heavy atom. The number of rotatable bonds is 5. The van der Waals surface area contributed by atoms with Gasteiger partial charge in [-0.2, -0.15) is 0 Å². The molecule has 2 N–H and O–H groups in total. The number of hydrogen-bond acceptors (Lipinski definition) is 5. The highest BCUT2D eigenvalue weighted by Gasteiger charge is 2.24. The number of carbonyl (C=O) groups excluding carboxylic acids is 2. The van der Waals surface area contributed by atoms with Crippen LogP contribution in [0.5, 0.6) is 0 Å². The topological polar surface area (TPSA) is 80.3 Å². The number of pyridine rings is 1. The molecule has 0 saturated heterocycles. The third-order valence-corrected chi connectivity index (χ3v) is 5.86. The summed E-state index contributed by atoms with van der Waals surface area (Å²) >= 11 is 1.69. The van der Waals surface area contributed by atoms with Crippen molar-refractivity contribution < 1.29 is 14.3 Å². The van der Waals surface area contributed by atoms with Crippen LogP contribution in [0.25, 0.3) is 0 Å². The lowest BCUT2D eigenvalue weighted by Crippen LogP contribution is -2.31. The summed E-state index contributed by atoms with van der Waals surface area (Å²) in [5.41, 5.74) is 3.21. The summed E-state index contributed by atoms with van der Waals surface area (Å²) < 4.78 is 5.35. The Kier molecular flexibility index (Phi) is 6.29. The first kappa shape index (κ1) is 20.0. The van der Waals surface area contributed by atoms with Crippen LogP contribution in [0.1, 0.15) is 33.9 Å². The third-order valence-electron chi connectivity index (χ3n) is 4.76. The molecule has 6 nitrogen and oxygen atoms in total. The van der Waals surface area contributed by atoms with E-state index >= 15 is 0 Å². The van der Waals surface area contributed by atoms with E-state index in [2.05, 4.69) is 15.6 Å². The van der Waals surface area contributed by atoms with Gasteiger partial charge in [0.05, 0.1) is 6.04 Å². The van der Waals surface area contributed by atoms with E-state index in [1.807, 2.05) is 42.5 Å². The second kappa shape index (κ2) is 9.45. The number of nitrogens with one attached hydrogen (secondary N) is 2. The fraction of sp³-hybridized carbons (Fsp3) is 0.174. The second-order valence-electron chi connectivity index (χ2n) is 6.84. The van der Waals surface area contributed by atoms with Crippen molar-refractivity contribution in [2.75, 3.05) is 11.1 Å². The van der Waals surface area contributed by atoms with E-state index < -0.39 is 6.09 Å². The molecule has 0 saturated carbocycles. The fourth-order valence-corrected chi connectivity index (χ4v) is 4.39. The molecule has 4 rings (SSSR count). The van der Waals surface area contributed by atoms with E-state index in [0.29, 0.717) is 11.3 Å². The number of thioether (sulfide) groups is 1. The number of hydrogen-bond donors (Lipinski definition) is 2. The number of nitrogens with zero attached hydrogens (tertiary/aromatic N) is 1. The molecule has 2 amide bonds. The van der Waals surface area contributed by atoms with Gasteiger partial charge in [0.15, 0.2) is 0 Å². The lowest BCUT2D eigenvalue weighted by molar-refractivity contribution is 0.102. The molecule has 0 spiro atoms. The Morgan fingerprint density at radius 1 is 1.07 bits per heavy atom. The summed E-state index contributed by atoms with van der Waals surface area (Å²) in [7, 11) is 0. The third kappa shape index (κ3) is 4.99. The predicted octanol–water partition coefficient (Wildman–Crippen LogP) is 4.80. The van der Waals surface area contributed by atoms with Gasteiger partial charge in [0, 0.05) is 34.3 Å². The van der Waals surface area contributed by atoms with Crippen LogP contribution in [0.15, 0.2) is 78.0 Å². The molecular formula is C23H21N3O3S. The number of fused-ring (bicyclic) bond motifs is 1. The Bertz CT molecular complexity index is 1030. The van der Waals surface area contributed by atoms with E-state index in [1.165, 1.54) is 0 Å². The molecule has 30 heavy (non-hydrogen) atoms. The maximum Gasteiger partial charge on any atom is 0.407 e. The fourth-order valence-electron chi connectivity index (χ4n) is 3.23. The first-order valence-corrected chi connectivity index (χ1v) is 10.6. The lowest BCUT2D eigenvalue weighted by atomic mass is 10.0. The Hall–Kier alpha value is -3.32. The summed E-state index contributed by atoms with van der Waals surface area (Å²) in [6.45, 7) is 0.231. The van der Waals surface area contributed by atoms with Crippen molar-refractivity contribution in [2.24, 2.45) is 0 Å². The molecule has 0 aliphatic carbocycles. The van der Waals surface area contributed by atoms with Gasteiger partial charge in [0.25, 0.3) is 5.91 Å². The summed E-state index contributed by atoms with van der Waals surface area (Å²) in [5, 5.41) is 5.81. The summed E-state index contributed by atoms with van der Waals surface area (Å²) in [6, 6.07) is 18.5. The van der Waals surface area contributed by atoms with Crippen LogP contribution in [0.3, 0.4) is 0 Å². The maximum absolute atomic E-state index is 12.5. The Labute approximate surface area is 179 Å². The van der Waals surface area contributed by atoms with E-state index in [4.69, 9.17) is 4.74 Å². The van der Waals surface area contributed by atoms with Crippen LogP contribution < -0.4 is 10.6 Å². The van der Waals surface area contributed by atoms with Gasteiger partial charge in [-0.15, -0.1) is 11.8 Å².